The fourth-order valence-corrected chi connectivity index (χ4v) is 5.21. The number of methoxy groups -OCH3 is 1. The summed E-state index contributed by atoms with van der Waals surface area (Å²) in [5.74, 6) is 0.509. The molecule has 4 N–H and O–H groups in total. The summed E-state index contributed by atoms with van der Waals surface area (Å²) in [5.41, 5.74) is 2.02. The van der Waals surface area contributed by atoms with Crippen LogP contribution >= 0.6 is 11.6 Å². The second-order valence-corrected chi connectivity index (χ2v) is 11.2. The highest BCUT2D eigenvalue weighted by Gasteiger charge is 2.29. The summed E-state index contributed by atoms with van der Waals surface area (Å²) in [5, 5.41) is 9.55. The number of halogens is 1. The Morgan fingerprint density at radius 3 is 2.67 bits per heavy atom. The molecule has 1 atom stereocenters. The molecule has 0 aliphatic carbocycles. The largest absolute Gasteiger partial charge is 0.497 e. The predicted molar refractivity (Wildman–Crippen MR) is 155 cm³/mol. The number of para-hydroxylation sites is 2. The van der Waals surface area contributed by atoms with Gasteiger partial charge in [-0.1, -0.05) is 29.8 Å². The quantitative estimate of drug-likeness (QED) is 0.272. The number of sulfonamides is 1. The molecule has 0 bridgehead atoms. The van der Waals surface area contributed by atoms with Gasteiger partial charge in [0, 0.05) is 18.2 Å². The molecular formula is C27H31ClN6O4S. The fraction of sp³-hybridized carbons (Fsp3) is 0.259. The number of carbonyl (C=O) groups excluding carboxylic acids is 1. The highest BCUT2D eigenvalue weighted by atomic mass is 35.5. The number of nitrogens with one attached hydrogen (secondary N) is 4. The maximum Gasteiger partial charge on any atom is 0.251 e. The number of ether oxygens (including phenoxy) is 1. The summed E-state index contributed by atoms with van der Waals surface area (Å²) < 4.78 is 34.9. The Morgan fingerprint density at radius 1 is 1.10 bits per heavy atom. The molecule has 1 aliphatic rings. The van der Waals surface area contributed by atoms with Crippen LogP contribution in [0, 0.1) is 0 Å². The summed E-state index contributed by atoms with van der Waals surface area (Å²) in [6.45, 7) is 1.31. The molecule has 0 saturated carbocycles. The minimum Gasteiger partial charge on any atom is -0.497 e. The first-order valence-corrected chi connectivity index (χ1v) is 14.1. The molecule has 3 aromatic rings. The Kier molecular flexibility index (Phi) is 9.08. The Bertz CT molecular complexity index is 1480. The van der Waals surface area contributed by atoms with Crippen LogP contribution in [0.2, 0.25) is 5.02 Å². The number of nitrogens with zero attached hydrogens (tertiary/aromatic N) is 2. The van der Waals surface area contributed by atoms with Crippen LogP contribution in [0.5, 0.6) is 5.75 Å². The third-order valence-corrected chi connectivity index (χ3v) is 7.65. The molecule has 39 heavy (non-hydrogen) atoms. The highest BCUT2D eigenvalue weighted by molar-refractivity contribution is 7.89. The molecule has 0 aromatic heterocycles. The molecule has 1 amide bonds. The van der Waals surface area contributed by atoms with Crippen LogP contribution in [0.1, 0.15) is 16.8 Å². The number of carbonyl (C=O) groups is 1. The van der Waals surface area contributed by atoms with Crippen molar-refractivity contribution >= 4 is 50.4 Å². The van der Waals surface area contributed by atoms with Gasteiger partial charge in [0.15, 0.2) is 0 Å². The Labute approximate surface area is 233 Å². The second kappa shape index (κ2) is 12.5. The summed E-state index contributed by atoms with van der Waals surface area (Å²) in [6, 6.07) is 18.3. The minimum absolute atomic E-state index is 0.0529. The summed E-state index contributed by atoms with van der Waals surface area (Å²) >= 11 is 6.38. The van der Waals surface area contributed by atoms with Crippen molar-refractivity contribution < 1.29 is 17.9 Å². The Balaban J connectivity index is 1.57. The molecule has 3 aromatic carbocycles. The molecule has 0 saturated heterocycles. The first-order chi connectivity index (χ1) is 18.7. The van der Waals surface area contributed by atoms with Gasteiger partial charge in [-0.15, -0.1) is 0 Å². The number of fused-ring (bicyclic) bond motifs is 1. The predicted octanol–water partition coefficient (Wildman–Crippen LogP) is 3.90. The molecule has 0 spiro atoms. The van der Waals surface area contributed by atoms with E-state index in [-0.39, 0.29) is 22.2 Å². The Hall–Kier alpha value is -3.64. The van der Waals surface area contributed by atoms with Gasteiger partial charge in [0.25, 0.3) is 5.91 Å². The lowest BCUT2D eigenvalue weighted by Gasteiger charge is -2.28. The normalized spacial score (nSPS) is 14.7. The van der Waals surface area contributed by atoms with Crippen molar-refractivity contribution in [3.63, 3.8) is 0 Å². The SMILES string of the molecule is COc1ccc(Cl)c(NC2=Nc3ccccc3NC2NS(=O)(=O)c2cccc(C(=O)NCCCN(C)C)c2)c1. The first kappa shape index (κ1) is 28.4. The lowest BCUT2D eigenvalue weighted by atomic mass is 10.2. The third kappa shape index (κ3) is 7.27. The van der Waals surface area contributed by atoms with Gasteiger partial charge in [0.1, 0.15) is 17.8 Å². The van der Waals surface area contributed by atoms with Crippen molar-refractivity contribution in [3.8, 4) is 5.75 Å². The molecule has 4 rings (SSSR count). The van der Waals surface area contributed by atoms with E-state index in [1.54, 1.807) is 30.3 Å². The smallest absolute Gasteiger partial charge is 0.251 e. The van der Waals surface area contributed by atoms with E-state index < -0.39 is 16.2 Å². The number of rotatable bonds is 10. The molecule has 1 unspecified atom stereocenters. The molecule has 1 heterocycles. The molecular weight excluding hydrogens is 540 g/mol. The zero-order valence-electron chi connectivity index (χ0n) is 21.9. The maximum absolute atomic E-state index is 13.5. The van der Waals surface area contributed by atoms with Gasteiger partial charge in [-0.05, 0) is 69.5 Å². The topological polar surface area (TPSA) is 124 Å². The van der Waals surface area contributed by atoms with Gasteiger partial charge in [0.2, 0.25) is 10.0 Å². The number of hydrogen-bond donors (Lipinski definition) is 4. The molecule has 1 aliphatic heterocycles. The zero-order chi connectivity index (χ0) is 28.0. The molecule has 206 valence electrons. The number of anilines is 2. The van der Waals surface area contributed by atoms with Crippen molar-refractivity contribution in [1.29, 1.82) is 0 Å². The number of amidine groups is 1. The van der Waals surface area contributed by atoms with Gasteiger partial charge in [-0.3, -0.25) is 4.79 Å². The van der Waals surface area contributed by atoms with E-state index >= 15 is 0 Å². The highest BCUT2D eigenvalue weighted by Crippen LogP contribution is 2.32. The number of benzene rings is 3. The van der Waals surface area contributed by atoms with Crippen LogP contribution < -0.4 is 25.4 Å². The van der Waals surface area contributed by atoms with Crippen LogP contribution in [0.3, 0.4) is 0 Å². The van der Waals surface area contributed by atoms with Crippen molar-refractivity contribution in [1.82, 2.24) is 14.9 Å². The number of aliphatic imine (C=N–C) groups is 1. The maximum atomic E-state index is 13.5. The van der Waals surface area contributed by atoms with E-state index in [9.17, 15) is 13.2 Å². The average Bonchev–Trinajstić information content (AvgIpc) is 2.92. The van der Waals surface area contributed by atoms with Crippen molar-refractivity contribution in [2.24, 2.45) is 4.99 Å². The van der Waals surface area contributed by atoms with E-state index in [0.29, 0.717) is 34.4 Å². The van der Waals surface area contributed by atoms with Crippen LogP contribution in [-0.2, 0) is 10.0 Å². The van der Waals surface area contributed by atoms with Crippen molar-refractivity contribution in [2.45, 2.75) is 17.5 Å². The molecule has 12 heteroatoms. The summed E-state index contributed by atoms with van der Waals surface area (Å²) in [6.07, 6.45) is -0.185. The average molecular weight is 571 g/mol. The van der Waals surface area contributed by atoms with Gasteiger partial charge in [-0.25, -0.2) is 13.4 Å². The monoisotopic (exact) mass is 570 g/mol. The van der Waals surface area contributed by atoms with Crippen LogP contribution in [0.4, 0.5) is 17.1 Å². The Morgan fingerprint density at radius 2 is 1.90 bits per heavy atom. The van der Waals surface area contributed by atoms with Crippen molar-refractivity contribution in [3.05, 3.63) is 77.3 Å². The standard InChI is InChI=1S/C27H31ClN6O4S/c1-34(2)15-7-14-29-27(35)18-8-6-9-20(16-18)39(36,37)33-26-25(30-22-10-4-5-11-23(22)31-26)32-24-17-19(38-3)12-13-21(24)28/h4-6,8-13,16-17,26,31,33H,7,14-15H2,1-3H3,(H,29,35)(H,30,32). The van der Waals surface area contributed by atoms with E-state index in [4.69, 9.17) is 16.3 Å². The van der Waals surface area contributed by atoms with Crippen LogP contribution in [0.15, 0.2) is 76.6 Å². The van der Waals surface area contributed by atoms with Gasteiger partial charge in [0.05, 0.1) is 34.1 Å². The van der Waals surface area contributed by atoms with E-state index in [1.807, 2.05) is 37.2 Å². The molecule has 0 fully saturated rings. The second-order valence-electron chi connectivity index (χ2n) is 9.12. The van der Waals surface area contributed by atoms with Gasteiger partial charge in [-0.2, -0.15) is 4.72 Å². The third-order valence-electron chi connectivity index (χ3n) is 5.90. The van der Waals surface area contributed by atoms with E-state index in [0.717, 1.165) is 13.0 Å². The van der Waals surface area contributed by atoms with E-state index in [1.165, 1.54) is 25.3 Å². The van der Waals surface area contributed by atoms with Crippen molar-refractivity contribution in [2.75, 3.05) is 44.9 Å². The van der Waals surface area contributed by atoms with Gasteiger partial charge >= 0.3 is 0 Å². The van der Waals surface area contributed by atoms with Crippen LogP contribution in [0.25, 0.3) is 0 Å². The lowest BCUT2D eigenvalue weighted by molar-refractivity contribution is 0.0952. The number of hydrogen-bond acceptors (Lipinski definition) is 8. The van der Waals surface area contributed by atoms with E-state index in [2.05, 4.69) is 25.7 Å². The van der Waals surface area contributed by atoms with Crippen LogP contribution in [-0.4, -0.2) is 65.5 Å². The summed E-state index contributed by atoms with van der Waals surface area (Å²) in [4.78, 5) is 19.2. The lowest BCUT2D eigenvalue weighted by Crippen LogP contribution is -2.50. The minimum atomic E-state index is -4.08. The van der Waals surface area contributed by atoms with Gasteiger partial charge < -0.3 is 25.6 Å². The molecule has 0 radical (unpaired) electrons. The number of amides is 1. The fourth-order valence-electron chi connectivity index (χ4n) is 3.89. The summed E-state index contributed by atoms with van der Waals surface area (Å²) in [7, 11) is 1.38. The molecule has 10 nitrogen and oxygen atoms in total. The zero-order valence-corrected chi connectivity index (χ0v) is 23.4. The first-order valence-electron chi connectivity index (χ1n) is 12.3.